The van der Waals surface area contributed by atoms with E-state index in [0.717, 1.165) is 29.5 Å². The number of thiazole rings is 1. The number of aryl methyl sites for hydroxylation is 2. The van der Waals surface area contributed by atoms with Crippen LogP contribution in [0.5, 0.6) is 0 Å². The Morgan fingerprint density at radius 1 is 1.10 bits per heavy atom. The minimum Gasteiger partial charge on any atom is -0.319 e. The Bertz CT molecular complexity index is 1230. The van der Waals surface area contributed by atoms with Crippen LogP contribution >= 0.6 is 11.3 Å². The lowest BCUT2D eigenvalue weighted by atomic mass is 10.1. The monoisotopic (exact) mass is 406 g/mol. The van der Waals surface area contributed by atoms with Crippen molar-refractivity contribution in [3.63, 3.8) is 0 Å². The molecule has 2 heterocycles. The smallest absolute Gasteiger partial charge is 0.270 e. The van der Waals surface area contributed by atoms with Crippen LogP contribution in [-0.2, 0) is 17.6 Å². The second kappa shape index (κ2) is 8.53. The second-order valence-electron chi connectivity index (χ2n) is 7.00. The largest absolute Gasteiger partial charge is 0.319 e. The van der Waals surface area contributed by atoms with E-state index in [4.69, 9.17) is 0 Å². The Kier molecular flexibility index (Phi) is 5.67. The van der Waals surface area contributed by atoms with Crippen molar-refractivity contribution in [2.45, 2.75) is 39.0 Å². The van der Waals surface area contributed by atoms with Gasteiger partial charge in [-0.05, 0) is 42.7 Å². The highest BCUT2D eigenvalue weighted by Crippen LogP contribution is 2.27. The number of hydrogen-bond acceptors (Lipinski definition) is 5. The van der Waals surface area contributed by atoms with Crippen molar-refractivity contribution in [3.05, 3.63) is 64.1 Å². The van der Waals surface area contributed by atoms with Gasteiger partial charge in [0.2, 0.25) is 5.91 Å². The van der Waals surface area contributed by atoms with Crippen molar-refractivity contribution in [3.8, 4) is 0 Å². The number of nitrogens with zero attached hydrogens (tertiary/aromatic N) is 2. The van der Waals surface area contributed by atoms with E-state index in [1.165, 1.54) is 16.9 Å². The second-order valence-corrected chi connectivity index (χ2v) is 8.03. The molecule has 7 heteroatoms. The van der Waals surface area contributed by atoms with Crippen molar-refractivity contribution >= 4 is 43.6 Å². The van der Waals surface area contributed by atoms with Gasteiger partial charge in [-0.2, -0.15) is 0 Å². The third-order valence-corrected chi connectivity index (χ3v) is 5.71. The van der Waals surface area contributed by atoms with Crippen molar-refractivity contribution < 1.29 is 4.79 Å². The zero-order valence-electron chi connectivity index (χ0n) is 16.2. The minimum atomic E-state index is -0.254. The van der Waals surface area contributed by atoms with Crippen LogP contribution in [0.25, 0.3) is 21.3 Å². The Morgan fingerprint density at radius 3 is 2.83 bits per heavy atom. The average Bonchev–Trinajstić information content (AvgIpc) is 3.12. The van der Waals surface area contributed by atoms with Crippen molar-refractivity contribution in [2.24, 2.45) is 0 Å². The molecule has 0 atom stereocenters. The van der Waals surface area contributed by atoms with Crippen LogP contribution in [0.2, 0.25) is 0 Å². The lowest BCUT2D eigenvalue weighted by Crippen LogP contribution is -2.18. The van der Waals surface area contributed by atoms with E-state index in [2.05, 4.69) is 39.3 Å². The SMILES string of the molecule is CCCCc1ccc2nc(NC(=O)CCc3nc4ccccc4[nH]c3=O)sc2c1. The van der Waals surface area contributed by atoms with E-state index >= 15 is 0 Å². The molecule has 0 fully saturated rings. The van der Waals surface area contributed by atoms with E-state index in [-0.39, 0.29) is 24.3 Å². The Hall–Kier alpha value is -3.06. The summed E-state index contributed by atoms with van der Waals surface area (Å²) in [6.07, 6.45) is 3.83. The lowest BCUT2D eigenvalue weighted by Gasteiger charge is -2.03. The first-order valence-electron chi connectivity index (χ1n) is 9.79. The van der Waals surface area contributed by atoms with Crippen molar-refractivity contribution in [1.82, 2.24) is 15.0 Å². The summed E-state index contributed by atoms with van der Waals surface area (Å²) in [7, 11) is 0. The number of aromatic amines is 1. The quantitative estimate of drug-likeness (QED) is 0.475. The van der Waals surface area contributed by atoms with Gasteiger partial charge in [0.15, 0.2) is 5.13 Å². The number of anilines is 1. The van der Waals surface area contributed by atoms with E-state index in [1.54, 1.807) is 6.07 Å². The van der Waals surface area contributed by atoms with Gasteiger partial charge < -0.3 is 10.3 Å². The van der Waals surface area contributed by atoms with Crippen LogP contribution in [0.1, 0.15) is 37.4 Å². The molecular weight excluding hydrogens is 384 g/mol. The molecule has 148 valence electrons. The highest BCUT2D eigenvalue weighted by Gasteiger charge is 2.11. The van der Waals surface area contributed by atoms with Gasteiger partial charge in [0.1, 0.15) is 5.69 Å². The van der Waals surface area contributed by atoms with Gasteiger partial charge in [-0.1, -0.05) is 42.9 Å². The number of aromatic nitrogens is 3. The molecule has 0 unspecified atom stereocenters. The summed E-state index contributed by atoms with van der Waals surface area (Å²) in [6.45, 7) is 2.18. The molecule has 4 aromatic rings. The number of rotatable bonds is 7. The number of nitrogens with one attached hydrogen (secondary N) is 2. The van der Waals surface area contributed by atoms with E-state index < -0.39 is 0 Å². The molecule has 0 spiro atoms. The zero-order chi connectivity index (χ0) is 20.2. The molecule has 0 radical (unpaired) electrons. The molecule has 0 aliphatic heterocycles. The zero-order valence-corrected chi connectivity index (χ0v) is 17.0. The number of hydrogen-bond donors (Lipinski definition) is 2. The number of H-pyrrole nitrogens is 1. The van der Waals surface area contributed by atoms with Crippen LogP contribution in [-0.4, -0.2) is 20.9 Å². The Balaban J connectivity index is 1.42. The molecule has 0 bridgehead atoms. The molecule has 1 amide bonds. The van der Waals surface area contributed by atoms with Crippen LogP contribution in [0.15, 0.2) is 47.3 Å². The van der Waals surface area contributed by atoms with Crippen LogP contribution < -0.4 is 10.9 Å². The predicted octanol–water partition coefficient (Wildman–Crippen LogP) is 4.45. The maximum Gasteiger partial charge on any atom is 0.270 e. The first-order chi connectivity index (χ1) is 14.1. The fourth-order valence-electron chi connectivity index (χ4n) is 3.21. The third kappa shape index (κ3) is 4.51. The number of fused-ring (bicyclic) bond motifs is 2. The highest BCUT2D eigenvalue weighted by molar-refractivity contribution is 7.22. The third-order valence-electron chi connectivity index (χ3n) is 4.78. The number of para-hydroxylation sites is 2. The maximum atomic E-state index is 12.4. The first kappa shape index (κ1) is 19.3. The van der Waals surface area contributed by atoms with Crippen molar-refractivity contribution in [1.29, 1.82) is 0 Å². The van der Waals surface area contributed by atoms with Crippen LogP contribution in [0.3, 0.4) is 0 Å². The normalized spacial score (nSPS) is 11.2. The standard InChI is InChI=1S/C22H22N4O2S/c1-2-3-6-14-9-10-17-19(13-14)29-22(25-17)26-20(27)12-11-18-21(28)24-16-8-5-4-7-15(16)23-18/h4-5,7-10,13H,2-3,6,11-12H2,1H3,(H,24,28)(H,25,26,27). The maximum absolute atomic E-state index is 12.4. The molecule has 29 heavy (non-hydrogen) atoms. The molecule has 0 aliphatic carbocycles. The van der Waals surface area contributed by atoms with Gasteiger partial charge in [0.25, 0.3) is 5.56 Å². The van der Waals surface area contributed by atoms with E-state index in [0.29, 0.717) is 21.9 Å². The minimum absolute atomic E-state index is 0.173. The Morgan fingerprint density at radius 2 is 1.97 bits per heavy atom. The van der Waals surface area contributed by atoms with Gasteiger partial charge in [-0.15, -0.1) is 0 Å². The summed E-state index contributed by atoms with van der Waals surface area (Å²) < 4.78 is 1.07. The summed E-state index contributed by atoms with van der Waals surface area (Å²) in [5.41, 5.74) is 3.70. The van der Waals surface area contributed by atoms with Gasteiger partial charge >= 0.3 is 0 Å². The number of carbonyl (C=O) groups excluding carboxylic acids is 1. The molecular formula is C22H22N4O2S. The highest BCUT2D eigenvalue weighted by atomic mass is 32.1. The predicted molar refractivity (Wildman–Crippen MR) is 118 cm³/mol. The number of carbonyl (C=O) groups is 1. The van der Waals surface area contributed by atoms with Gasteiger partial charge in [-0.3, -0.25) is 9.59 Å². The van der Waals surface area contributed by atoms with Gasteiger partial charge in [-0.25, -0.2) is 9.97 Å². The van der Waals surface area contributed by atoms with Gasteiger partial charge in [0, 0.05) is 12.8 Å². The van der Waals surface area contributed by atoms with Crippen LogP contribution in [0.4, 0.5) is 5.13 Å². The molecule has 4 rings (SSSR count). The molecule has 6 nitrogen and oxygen atoms in total. The van der Waals surface area contributed by atoms with Crippen LogP contribution in [0, 0.1) is 0 Å². The summed E-state index contributed by atoms with van der Waals surface area (Å²) in [6, 6.07) is 13.6. The van der Waals surface area contributed by atoms with E-state index in [9.17, 15) is 9.59 Å². The molecule has 2 aromatic heterocycles. The average molecular weight is 407 g/mol. The molecule has 0 saturated heterocycles. The molecule has 0 saturated carbocycles. The number of unbranched alkanes of at least 4 members (excludes halogenated alkanes) is 1. The topological polar surface area (TPSA) is 87.7 Å². The Labute approximate surface area is 172 Å². The van der Waals surface area contributed by atoms with E-state index in [1.807, 2.05) is 24.3 Å². The lowest BCUT2D eigenvalue weighted by molar-refractivity contribution is -0.116. The number of benzene rings is 2. The summed E-state index contributed by atoms with van der Waals surface area (Å²) in [5, 5.41) is 3.43. The fourth-order valence-corrected chi connectivity index (χ4v) is 4.16. The molecule has 2 N–H and O–H groups in total. The fraction of sp³-hybridized carbons (Fsp3) is 0.273. The first-order valence-corrected chi connectivity index (χ1v) is 10.6. The number of amides is 1. The van der Waals surface area contributed by atoms with Crippen molar-refractivity contribution in [2.75, 3.05) is 5.32 Å². The summed E-state index contributed by atoms with van der Waals surface area (Å²) in [5.74, 6) is -0.176. The van der Waals surface area contributed by atoms with Gasteiger partial charge in [0.05, 0.1) is 21.3 Å². The molecule has 0 aliphatic rings. The summed E-state index contributed by atoms with van der Waals surface area (Å²) in [4.78, 5) is 36.2. The summed E-state index contributed by atoms with van der Waals surface area (Å²) >= 11 is 1.47. The molecule has 2 aromatic carbocycles.